The zero-order valence-electron chi connectivity index (χ0n) is 21.5. The number of hydrogen-bond acceptors (Lipinski definition) is 5. The van der Waals surface area contributed by atoms with E-state index in [1.807, 2.05) is 60.4 Å². The molecule has 0 bridgehead atoms. The summed E-state index contributed by atoms with van der Waals surface area (Å²) in [5, 5.41) is 0. The van der Waals surface area contributed by atoms with Gasteiger partial charge >= 0.3 is 0 Å². The molecular formula is C28H35N5O3S. The van der Waals surface area contributed by atoms with E-state index in [1.165, 1.54) is 0 Å². The van der Waals surface area contributed by atoms with Crippen molar-refractivity contribution in [1.29, 1.82) is 0 Å². The lowest BCUT2D eigenvalue weighted by atomic mass is 9.99. The normalized spacial score (nSPS) is 15.9. The van der Waals surface area contributed by atoms with E-state index in [2.05, 4.69) is 9.71 Å². The molecule has 2 aliphatic rings. The van der Waals surface area contributed by atoms with Gasteiger partial charge in [-0.05, 0) is 54.7 Å². The molecule has 1 unspecified atom stereocenters. The van der Waals surface area contributed by atoms with Crippen LogP contribution < -0.4 is 10.5 Å². The van der Waals surface area contributed by atoms with Crippen molar-refractivity contribution in [3.8, 4) is 11.1 Å². The molecule has 2 amide bonds. The van der Waals surface area contributed by atoms with Gasteiger partial charge in [0.15, 0.2) is 0 Å². The second kappa shape index (κ2) is 12.3. The lowest BCUT2D eigenvalue weighted by molar-refractivity contribution is -0.127. The fourth-order valence-corrected chi connectivity index (χ4v) is 5.11. The van der Waals surface area contributed by atoms with Crippen molar-refractivity contribution in [1.82, 2.24) is 14.5 Å². The Balaban J connectivity index is 1.54. The Morgan fingerprint density at radius 3 is 2.46 bits per heavy atom. The molecule has 2 heterocycles. The van der Waals surface area contributed by atoms with Crippen molar-refractivity contribution in [2.75, 3.05) is 39.0 Å². The predicted octanol–water partition coefficient (Wildman–Crippen LogP) is 3.49. The first-order valence-corrected chi connectivity index (χ1v) is 14.3. The van der Waals surface area contributed by atoms with E-state index in [9.17, 15) is 13.8 Å². The minimum atomic E-state index is -1.13. The van der Waals surface area contributed by atoms with Gasteiger partial charge in [0.05, 0.1) is 16.7 Å². The second-order valence-corrected chi connectivity index (χ2v) is 10.6. The first-order valence-electron chi connectivity index (χ1n) is 12.8. The summed E-state index contributed by atoms with van der Waals surface area (Å²) >= 11 is 0. The van der Waals surface area contributed by atoms with Gasteiger partial charge in [-0.2, -0.15) is 0 Å². The molecule has 37 heavy (non-hydrogen) atoms. The molecule has 0 saturated carbocycles. The van der Waals surface area contributed by atoms with Crippen LogP contribution in [-0.2, 0) is 15.8 Å². The minimum absolute atomic E-state index is 0.0844. The average molecular weight is 522 g/mol. The van der Waals surface area contributed by atoms with E-state index in [4.69, 9.17) is 5.73 Å². The minimum Gasteiger partial charge on any atom is -0.387 e. The van der Waals surface area contributed by atoms with Crippen LogP contribution in [0.4, 0.5) is 5.69 Å². The Bertz CT molecular complexity index is 1230. The van der Waals surface area contributed by atoms with Gasteiger partial charge in [0.1, 0.15) is 5.84 Å². The maximum Gasteiger partial charge on any atom is 0.253 e. The number of rotatable bonds is 9. The molecule has 3 N–H and O–H groups in total. The van der Waals surface area contributed by atoms with E-state index in [-0.39, 0.29) is 18.2 Å². The summed E-state index contributed by atoms with van der Waals surface area (Å²) in [7, 11) is -1.13. The smallest absolute Gasteiger partial charge is 0.253 e. The van der Waals surface area contributed by atoms with Crippen molar-refractivity contribution in [2.45, 2.75) is 32.6 Å². The fourth-order valence-electron chi connectivity index (χ4n) is 4.73. The highest BCUT2D eigenvalue weighted by molar-refractivity contribution is 7.82. The SMILES string of the molecule is CCCN(CCNS(C)=O)C(=O)C1=Cc2ccc(-c3ccc(C(=O)N4CCCC4)cc3)cc2N=C(N)C1. The number of amides is 2. The molecule has 1 fully saturated rings. The molecule has 2 aliphatic heterocycles. The first-order chi connectivity index (χ1) is 17.9. The van der Waals surface area contributed by atoms with Gasteiger partial charge in [-0.25, -0.2) is 13.9 Å². The quantitative estimate of drug-likeness (QED) is 0.527. The van der Waals surface area contributed by atoms with Crippen molar-refractivity contribution in [3.63, 3.8) is 0 Å². The molecule has 9 heteroatoms. The van der Waals surface area contributed by atoms with E-state index in [0.29, 0.717) is 42.3 Å². The maximum absolute atomic E-state index is 13.4. The number of nitrogens with zero attached hydrogens (tertiary/aromatic N) is 3. The monoisotopic (exact) mass is 521 g/mol. The average Bonchev–Trinajstić information content (AvgIpc) is 3.37. The number of hydrogen-bond donors (Lipinski definition) is 2. The summed E-state index contributed by atoms with van der Waals surface area (Å²) in [6.45, 7) is 5.20. The van der Waals surface area contributed by atoms with Crippen LogP contribution in [-0.4, -0.2) is 70.6 Å². The van der Waals surface area contributed by atoms with Gasteiger partial charge in [0.25, 0.3) is 5.91 Å². The summed E-state index contributed by atoms with van der Waals surface area (Å²) in [4.78, 5) is 34.3. The molecule has 8 nitrogen and oxygen atoms in total. The zero-order valence-corrected chi connectivity index (χ0v) is 22.4. The molecule has 1 atom stereocenters. The molecule has 196 valence electrons. The Kier molecular flexibility index (Phi) is 8.89. The van der Waals surface area contributed by atoms with Crippen LogP contribution in [0.2, 0.25) is 0 Å². The molecule has 0 aliphatic carbocycles. The highest BCUT2D eigenvalue weighted by Crippen LogP contribution is 2.32. The topological polar surface area (TPSA) is 108 Å². The number of amidine groups is 1. The summed E-state index contributed by atoms with van der Waals surface area (Å²) < 4.78 is 14.2. The highest BCUT2D eigenvalue weighted by atomic mass is 32.2. The van der Waals surface area contributed by atoms with E-state index in [1.54, 1.807) is 11.2 Å². The first kappa shape index (κ1) is 26.8. The van der Waals surface area contributed by atoms with Gasteiger partial charge < -0.3 is 15.5 Å². The number of benzene rings is 2. The maximum atomic E-state index is 13.4. The summed E-state index contributed by atoms with van der Waals surface area (Å²) in [5.74, 6) is 0.381. The number of carbonyl (C=O) groups is 2. The lowest BCUT2D eigenvalue weighted by Crippen LogP contribution is -2.39. The Labute approximate surface area is 221 Å². The van der Waals surface area contributed by atoms with Crippen LogP contribution in [0, 0.1) is 0 Å². The second-order valence-electron chi connectivity index (χ2n) is 9.44. The van der Waals surface area contributed by atoms with Crippen molar-refractivity contribution >= 4 is 40.4 Å². The summed E-state index contributed by atoms with van der Waals surface area (Å²) in [6, 6.07) is 13.6. The number of carbonyl (C=O) groups excluding carboxylic acids is 2. The third-order valence-electron chi connectivity index (χ3n) is 6.60. The predicted molar refractivity (Wildman–Crippen MR) is 150 cm³/mol. The number of nitrogens with two attached hydrogens (primary N) is 1. The zero-order chi connectivity index (χ0) is 26.4. The fraction of sp³-hybridized carbons (Fsp3) is 0.393. The molecule has 2 aromatic rings. The largest absolute Gasteiger partial charge is 0.387 e. The lowest BCUT2D eigenvalue weighted by Gasteiger charge is -2.23. The third kappa shape index (κ3) is 6.72. The van der Waals surface area contributed by atoms with Crippen LogP contribution in [0.1, 0.15) is 48.5 Å². The van der Waals surface area contributed by atoms with Gasteiger partial charge in [-0.1, -0.05) is 31.2 Å². The number of aliphatic imine (C=N–C) groups is 1. The Hall–Kier alpha value is -3.30. The van der Waals surface area contributed by atoms with Crippen LogP contribution in [0.15, 0.2) is 53.0 Å². The number of nitrogens with one attached hydrogen (secondary N) is 1. The number of likely N-dealkylation sites (tertiary alicyclic amines) is 1. The third-order valence-corrected chi connectivity index (χ3v) is 7.21. The van der Waals surface area contributed by atoms with E-state index in [0.717, 1.165) is 49.0 Å². The van der Waals surface area contributed by atoms with Gasteiger partial charge in [-0.3, -0.25) is 9.59 Å². The number of fused-ring (bicyclic) bond motifs is 1. The van der Waals surface area contributed by atoms with E-state index >= 15 is 0 Å². The molecule has 4 rings (SSSR count). The standard InChI is InChI=1S/C28H35N5O3S/c1-3-13-32(16-12-30-37(2)36)28(35)24-17-23-11-10-22(18-25(23)31-26(29)19-24)20-6-8-21(9-7-20)27(34)33-14-4-5-15-33/h6-11,17-18,30H,3-5,12-16,19H2,1-2H3,(H2,29,31). The van der Waals surface area contributed by atoms with Gasteiger partial charge in [-0.15, -0.1) is 0 Å². The van der Waals surface area contributed by atoms with Crippen molar-refractivity contribution in [3.05, 3.63) is 59.2 Å². The van der Waals surface area contributed by atoms with Crippen LogP contribution in [0.5, 0.6) is 0 Å². The Morgan fingerprint density at radius 2 is 1.78 bits per heavy atom. The molecule has 1 saturated heterocycles. The molecular weight excluding hydrogens is 486 g/mol. The molecule has 2 aromatic carbocycles. The summed E-state index contributed by atoms with van der Waals surface area (Å²) in [5.41, 5.74) is 11.0. The summed E-state index contributed by atoms with van der Waals surface area (Å²) in [6.07, 6.45) is 6.67. The molecule has 0 radical (unpaired) electrons. The highest BCUT2D eigenvalue weighted by Gasteiger charge is 2.22. The van der Waals surface area contributed by atoms with Crippen LogP contribution >= 0.6 is 0 Å². The Morgan fingerprint density at radius 1 is 1.08 bits per heavy atom. The molecule has 0 aromatic heterocycles. The van der Waals surface area contributed by atoms with Crippen molar-refractivity contribution < 1.29 is 13.8 Å². The van der Waals surface area contributed by atoms with Crippen LogP contribution in [0.25, 0.3) is 17.2 Å². The van der Waals surface area contributed by atoms with Gasteiger partial charge in [0.2, 0.25) is 5.91 Å². The van der Waals surface area contributed by atoms with E-state index < -0.39 is 11.0 Å². The van der Waals surface area contributed by atoms with Crippen molar-refractivity contribution in [2.24, 2.45) is 10.7 Å². The van der Waals surface area contributed by atoms with Crippen LogP contribution in [0.3, 0.4) is 0 Å². The van der Waals surface area contributed by atoms with Gasteiger partial charge in [0, 0.05) is 62.1 Å². The molecule has 0 spiro atoms.